The van der Waals surface area contributed by atoms with Gasteiger partial charge in [0.05, 0.1) is 12.9 Å². The first-order valence-corrected chi connectivity index (χ1v) is 5.99. The summed E-state index contributed by atoms with van der Waals surface area (Å²) in [4.78, 5) is 12.4. The van der Waals surface area contributed by atoms with Gasteiger partial charge in [0.2, 0.25) is 0 Å². The first-order valence-electron chi connectivity index (χ1n) is 5.61. The lowest BCUT2D eigenvalue weighted by Crippen LogP contribution is -1.99. The summed E-state index contributed by atoms with van der Waals surface area (Å²) in [6.45, 7) is 2.81. The predicted molar refractivity (Wildman–Crippen MR) is 70.6 cm³/mol. The third-order valence-electron chi connectivity index (χ3n) is 2.79. The number of benzene rings is 1. The highest BCUT2D eigenvalue weighted by molar-refractivity contribution is 6.33. The van der Waals surface area contributed by atoms with Gasteiger partial charge in [-0.3, -0.25) is 0 Å². The number of nitrogens with zero attached hydrogens (tertiary/aromatic N) is 4. The van der Waals surface area contributed by atoms with E-state index in [2.05, 4.69) is 40.1 Å². The van der Waals surface area contributed by atoms with Crippen LogP contribution in [0.2, 0.25) is 5.15 Å². The van der Waals surface area contributed by atoms with Crippen LogP contribution in [-0.2, 0) is 6.54 Å². The average molecular weight is 259 g/mol. The minimum absolute atomic E-state index is 0.392. The fourth-order valence-electron chi connectivity index (χ4n) is 1.97. The Morgan fingerprint density at radius 1 is 1.22 bits per heavy atom. The monoisotopic (exact) mass is 258 g/mol. The number of aromatic nitrogens is 4. The molecule has 0 aliphatic rings. The highest BCUT2D eigenvalue weighted by Crippen LogP contribution is 2.18. The van der Waals surface area contributed by atoms with E-state index in [1.807, 2.05) is 10.6 Å². The Balaban J connectivity index is 2.03. The lowest BCUT2D eigenvalue weighted by Gasteiger charge is -2.04. The van der Waals surface area contributed by atoms with Gasteiger partial charge in [0.15, 0.2) is 10.8 Å². The second-order valence-electron chi connectivity index (χ2n) is 4.20. The quantitative estimate of drug-likeness (QED) is 0.664. The molecule has 0 amide bonds. The molecule has 0 radical (unpaired) electrons. The SMILES string of the molecule is Cc1cccc(Cn2cnc3c(Cl)ncnc32)c1. The molecule has 0 bridgehead atoms. The van der Waals surface area contributed by atoms with Crippen molar-refractivity contribution in [2.75, 3.05) is 0 Å². The van der Waals surface area contributed by atoms with Gasteiger partial charge in [0, 0.05) is 0 Å². The van der Waals surface area contributed by atoms with E-state index < -0.39 is 0 Å². The lowest BCUT2D eigenvalue weighted by atomic mass is 10.1. The maximum Gasteiger partial charge on any atom is 0.165 e. The summed E-state index contributed by atoms with van der Waals surface area (Å²) in [6, 6.07) is 8.36. The van der Waals surface area contributed by atoms with E-state index in [1.54, 1.807) is 6.33 Å². The number of rotatable bonds is 2. The van der Waals surface area contributed by atoms with Gasteiger partial charge < -0.3 is 4.57 Å². The molecule has 3 aromatic rings. The summed E-state index contributed by atoms with van der Waals surface area (Å²) in [5.74, 6) is 0. The number of fused-ring (bicyclic) bond motifs is 1. The lowest BCUT2D eigenvalue weighted by molar-refractivity contribution is 0.812. The fourth-order valence-corrected chi connectivity index (χ4v) is 2.15. The van der Waals surface area contributed by atoms with Crippen LogP contribution in [0.25, 0.3) is 11.2 Å². The maximum absolute atomic E-state index is 5.97. The van der Waals surface area contributed by atoms with Crippen LogP contribution in [0.5, 0.6) is 0 Å². The molecule has 2 heterocycles. The molecule has 0 fully saturated rings. The molecule has 0 saturated heterocycles. The van der Waals surface area contributed by atoms with Crippen molar-refractivity contribution in [3.8, 4) is 0 Å². The molecule has 0 unspecified atom stereocenters. The van der Waals surface area contributed by atoms with Crippen molar-refractivity contribution in [3.05, 3.63) is 53.2 Å². The molecule has 0 aliphatic carbocycles. The summed E-state index contributed by atoms with van der Waals surface area (Å²) in [5, 5.41) is 0.392. The predicted octanol–water partition coefficient (Wildman–Crippen LogP) is 2.84. The molecular weight excluding hydrogens is 248 g/mol. The zero-order valence-corrected chi connectivity index (χ0v) is 10.6. The van der Waals surface area contributed by atoms with Crippen LogP contribution in [0.4, 0.5) is 0 Å². The van der Waals surface area contributed by atoms with Crippen molar-refractivity contribution in [2.24, 2.45) is 0 Å². The van der Waals surface area contributed by atoms with Gasteiger partial charge in [-0.2, -0.15) is 0 Å². The highest BCUT2D eigenvalue weighted by Gasteiger charge is 2.08. The number of hydrogen-bond acceptors (Lipinski definition) is 3. The number of halogens is 1. The summed E-state index contributed by atoms with van der Waals surface area (Å²) in [5.41, 5.74) is 3.86. The minimum Gasteiger partial charge on any atom is -0.311 e. The van der Waals surface area contributed by atoms with Crippen LogP contribution >= 0.6 is 11.6 Å². The minimum atomic E-state index is 0.392. The topological polar surface area (TPSA) is 43.6 Å². The second-order valence-corrected chi connectivity index (χ2v) is 4.56. The summed E-state index contributed by atoms with van der Waals surface area (Å²) < 4.78 is 1.97. The number of hydrogen-bond donors (Lipinski definition) is 0. The molecular formula is C13H11ClN4. The molecule has 5 heteroatoms. The molecule has 2 aromatic heterocycles. The van der Waals surface area contributed by atoms with E-state index in [-0.39, 0.29) is 0 Å². The Morgan fingerprint density at radius 2 is 2.11 bits per heavy atom. The number of aryl methyl sites for hydroxylation is 1. The van der Waals surface area contributed by atoms with Crippen LogP contribution in [0.15, 0.2) is 36.9 Å². The largest absolute Gasteiger partial charge is 0.311 e. The molecule has 90 valence electrons. The van der Waals surface area contributed by atoms with Crippen LogP contribution in [0, 0.1) is 6.92 Å². The summed E-state index contributed by atoms with van der Waals surface area (Å²) in [6.07, 6.45) is 3.20. The Kier molecular flexibility index (Phi) is 2.72. The van der Waals surface area contributed by atoms with Crippen molar-refractivity contribution < 1.29 is 0 Å². The smallest absolute Gasteiger partial charge is 0.165 e. The first kappa shape index (κ1) is 11.2. The fraction of sp³-hybridized carbons (Fsp3) is 0.154. The van der Waals surface area contributed by atoms with Crippen molar-refractivity contribution in [1.82, 2.24) is 19.5 Å². The molecule has 0 atom stereocenters. The van der Waals surface area contributed by atoms with E-state index in [4.69, 9.17) is 11.6 Å². The molecule has 0 N–H and O–H groups in total. The van der Waals surface area contributed by atoms with Gasteiger partial charge in [-0.15, -0.1) is 0 Å². The molecule has 0 spiro atoms. The maximum atomic E-state index is 5.97. The van der Waals surface area contributed by atoms with E-state index in [0.717, 1.165) is 12.2 Å². The van der Waals surface area contributed by atoms with Gasteiger partial charge in [0.1, 0.15) is 11.8 Å². The van der Waals surface area contributed by atoms with E-state index in [1.165, 1.54) is 17.5 Å². The first-order chi connectivity index (χ1) is 8.74. The molecule has 0 aliphatic heterocycles. The van der Waals surface area contributed by atoms with Crippen molar-refractivity contribution in [1.29, 1.82) is 0 Å². The summed E-state index contributed by atoms with van der Waals surface area (Å²) in [7, 11) is 0. The van der Waals surface area contributed by atoms with Gasteiger partial charge in [-0.1, -0.05) is 41.4 Å². The Morgan fingerprint density at radius 3 is 2.94 bits per heavy atom. The van der Waals surface area contributed by atoms with Gasteiger partial charge in [-0.25, -0.2) is 15.0 Å². The highest BCUT2D eigenvalue weighted by atomic mass is 35.5. The average Bonchev–Trinajstić information content (AvgIpc) is 2.74. The zero-order chi connectivity index (χ0) is 12.5. The molecule has 4 nitrogen and oxygen atoms in total. The Hall–Kier alpha value is -1.94. The summed E-state index contributed by atoms with van der Waals surface area (Å²) >= 11 is 5.97. The van der Waals surface area contributed by atoms with Crippen molar-refractivity contribution in [2.45, 2.75) is 13.5 Å². The normalized spacial score (nSPS) is 11.0. The molecule has 3 rings (SSSR count). The molecule has 1 aromatic carbocycles. The van der Waals surface area contributed by atoms with Gasteiger partial charge in [-0.05, 0) is 12.5 Å². The standard InChI is InChI=1S/C13H11ClN4/c1-9-3-2-4-10(5-9)6-18-8-17-11-12(14)15-7-16-13(11)18/h2-5,7-8H,6H2,1H3. The van der Waals surface area contributed by atoms with Gasteiger partial charge >= 0.3 is 0 Å². The van der Waals surface area contributed by atoms with Crippen LogP contribution in [-0.4, -0.2) is 19.5 Å². The van der Waals surface area contributed by atoms with Crippen LogP contribution < -0.4 is 0 Å². The Labute approximate surface area is 109 Å². The van der Waals surface area contributed by atoms with E-state index in [0.29, 0.717) is 10.7 Å². The third kappa shape index (κ3) is 1.95. The van der Waals surface area contributed by atoms with Crippen molar-refractivity contribution >= 4 is 22.8 Å². The Bertz CT molecular complexity index is 705. The van der Waals surface area contributed by atoms with Crippen LogP contribution in [0.1, 0.15) is 11.1 Å². The van der Waals surface area contributed by atoms with Crippen LogP contribution in [0.3, 0.4) is 0 Å². The number of imidazole rings is 1. The molecule has 18 heavy (non-hydrogen) atoms. The van der Waals surface area contributed by atoms with Gasteiger partial charge in [0.25, 0.3) is 0 Å². The van der Waals surface area contributed by atoms with E-state index in [9.17, 15) is 0 Å². The zero-order valence-electron chi connectivity index (χ0n) is 9.84. The van der Waals surface area contributed by atoms with Crippen molar-refractivity contribution in [3.63, 3.8) is 0 Å². The molecule has 0 saturated carbocycles. The second kappa shape index (κ2) is 4.38. The third-order valence-corrected chi connectivity index (χ3v) is 3.07. The van der Waals surface area contributed by atoms with E-state index >= 15 is 0 Å².